The molecule has 1 aromatic heterocycles. The molecule has 2 heterocycles. The average Bonchev–Trinajstić information content (AvgIpc) is 3.27. The summed E-state index contributed by atoms with van der Waals surface area (Å²) in [6.45, 7) is 3.40. The standard InChI is InChI=1S/C25H28N2O4/c1-18-9-11-21(12-10-18)30-17-24(28)27-13-5-7-20(16-27)25-26-15-22(31-25)14-19-6-3-4-8-23(19)29-2/h3-4,6,8-12,15,20H,5,7,13-14,16-17H2,1-2H3/t20-/m1/s1. The molecule has 0 radical (unpaired) electrons. The number of ether oxygens (including phenoxy) is 2. The number of likely N-dealkylation sites (tertiary alicyclic amines) is 1. The minimum Gasteiger partial charge on any atom is -0.496 e. The SMILES string of the molecule is COc1ccccc1Cc1cnc([C@@H]2CCCN(C(=O)COc3ccc(C)cc3)C2)o1. The van der Waals surface area contributed by atoms with Gasteiger partial charge in [0.25, 0.3) is 5.91 Å². The van der Waals surface area contributed by atoms with Gasteiger partial charge in [-0.1, -0.05) is 35.9 Å². The van der Waals surface area contributed by atoms with Crippen molar-refractivity contribution in [2.75, 3.05) is 26.8 Å². The van der Waals surface area contributed by atoms with E-state index >= 15 is 0 Å². The number of rotatable bonds is 7. The largest absolute Gasteiger partial charge is 0.496 e. The van der Waals surface area contributed by atoms with Crippen molar-refractivity contribution in [3.63, 3.8) is 0 Å². The van der Waals surface area contributed by atoms with Gasteiger partial charge in [-0.2, -0.15) is 0 Å². The molecular formula is C25H28N2O4. The number of aromatic nitrogens is 1. The fraction of sp³-hybridized carbons (Fsp3) is 0.360. The Morgan fingerprint density at radius 3 is 2.81 bits per heavy atom. The first-order valence-corrected chi connectivity index (χ1v) is 10.7. The number of hydrogen-bond donors (Lipinski definition) is 0. The van der Waals surface area contributed by atoms with Gasteiger partial charge in [0.1, 0.15) is 17.3 Å². The number of carbonyl (C=O) groups is 1. The molecule has 6 nitrogen and oxygen atoms in total. The van der Waals surface area contributed by atoms with E-state index in [1.807, 2.05) is 60.4 Å². The van der Waals surface area contributed by atoms with Crippen LogP contribution in [0.3, 0.4) is 0 Å². The van der Waals surface area contributed by atoms with Gasteiger partial charge in [0.15, 0.2) is 12.5 Å². The Morgan fingerprint density at radius 2 is 2.00 bits per heavy atom. The van der Waals surface area contributed by atoms with E-state index in [0.717, 1.165) is 42.0 Å². The first-order chi connectivity index (χ1) is 15.1. The van der Waals surface area contributed by atoms with E-state index in [1.165, 1.54) is 0 Å². The van der Waals surface area contributed by atoms with Crippen molar-refractivity contribution in [2.24, 2.45) is 0 Å². The average molecular weight is 421 g/mol. The number of piperidine rings is 1. The number of para-hydroxylation sites is 1. The summed E-state index contributed by atoms with van der Waals surface area (Å²) in [5.74, 6) is 3.13. The quantitative estimate of drug-likeness (QED) is 0.568. The highest BCUT2D eigenvalue weighted by atomic mass is 16.5. The summed E-state index contributed by atoms with van der Waals surface area (Å²) in [6, 6.07) is 15.6. The summed E-state index contributed by atoms with van der Waals surface area (Å²) in [4.78, 5) is 19.0. The van der Waals surface area contributed by atoms with Gasteiger partial charge in [-0.25, -0.2) is 4.98 Å². The highest BCUT2D eigenvalue weighted by Gasteiger charge is 2.28. The van der Waals surface area contributed by atoms with Crippen molar-refractivity contribution in [1.82, 2.24) is 9.88 Å². The number of hydrogen-bond acceptors (Lipinski definition) is 5. The zero-order valence-corrected chi connectivity index (χ0v) is 18.0. The maximum Gasteiger partial charge on any atom is 0.260 e. The lowest BCUT2D eigenvalue weighted by Gasteiger charge is -2.31. The highest BCUT2D eigenvalue weighted by molar-refractivity contribution is 5.78. The van der Waals surface area contributed by atoms with Crippen LogP contribution in [0.25, 0.3) is 0 Å². The first-order valence-electron chi connectivity index (χ1n) is 10.7. The Balaban J connectivity index is 1.35. The molecule has 0 aliphatic carbocycles. The number of amides is 1. The molecule has 1 amide bonds. The van der Waals surface area contributed by atoms with Gasteiger partial charge in [-0.3, -0.25) is 4.79 Å². The van der Waals surface area contributed by atoms with Crippen LogP contribution in [-0.2, 0) is 11.2 Å². The zero-order valence-electron chi connectivity index (χ0n) is 18.0. The van der Waals surface area contributed by atoms with E-state index in [0.29, 0.717) is 24.6 Å². The van der Waals surface area contributed by atoms with Crippen LogP contribution in [0.1, 0.15) is 41.5 Å². The lowest BCUT2D eigenvalue weighted by molar-refractivity contribution is -0.134. The zero-order chi connectivity index (χ0) is 21.6. The molecule has 1 fully saturated rings. The molecule has 6 heteroatoms. The predicted molar refractivity (Wildman–Crippen MR) is 118 cm³/mol. The highest BCUT2D eigenvalue weighted by Crippen LogP contribution is 2.28. The smallest absolute Gasteiger partial charge is 0.260 e. The summed E-state index contributed by atoms with van der Waals surface area (Å²) in [5, 5.41) is 0. The predicted octanol–water partition coefficient (Wildman–Crippen LogP) is 4.37. The molecule has 2 aromatic carbocycles. The van der Waals surface area contributed by atoms with E-state index in [1.54, 1.807) is 13.3 Å². The number of benzene rings is 2. The minimum absolute atomic E-state index is 0.00826. The fourth-order valence-electron chi connectivity index (χ4n) is 3.91. The Morgan fingerprint density at radius 1 is 1.19 bits per heavy atom. The maximum atomic E-state index is 12.7. The topological polar surface area (TPSA) is 64.8 Å². The number of nitrogens with zero attached hydrogens (tertiary/aromatic N) is 2. The molecule has 0 N–H and O–H groups in total. The number of oxazole rings is 1. The molecule has 1 saturated heterocycles. The number of methoxy groups -OCH3 is 1. The third kappa shape index (κ3) is 5.26. The summed E-state index contributed by atoms with van der Waals surface area (Å²) in [5.41, 5.74) is 2.22. The van der Waals surface area contributed by atoms with Crippen LogP contribution in [0, 0.1) is 6.92 Å². The van der Waals surface area contributed by atoms with Crippen LogP contribution in [-0.4, -0.2) is 42.6 Å². The summed E-state index contributed by atoms with van der Waals surface area (Å²) < 4.78 is 17.2. The molecule has 1 atom stereocenters. The fourth-order valence-corrected chi connectivity index (χ4v) is 3.91. The van der Waals surface area contributed by atoms with Gasteiger partial charge < -0.3 is 18.8 Å². The Bertz CT molecular complexity index is 1010. The second kappa shape index (κ2) is 9.69. The van der Waals surface area contributed by atoms with Crippen molar-refractivity contribution < 1.29 is 18.7 Å². The van der Waals surface area contributed by atoms with E-state index in [9.17, 15) is 4.79 Å². The lowest BCUT2D eigenvalue weighted by atomic mass is 9.98. The van der Waals surface area contributed by atoms with Gasteiger partial charge in [-0.05, 0) is 38.0 Å². The van der Waals surface area contributed by atoms with Crippen molar-refractivity contribution in [1.29, 1.82) is 0 Å². The van der Waals surface area contributed by atoms with Crippen LogP contribution in [0.2, 0.25) is 0 Å². The van der Waals surface area contributed by atoms with Gasteiger partial charge in [-0.15, -0.1) is 0 Å². The third-order valence-corrected chi connectivity index (χ3v) is 5.64. The van der Waals surface area contributed by atoms with E-state index in [4.69, 9.17) is 13.9 Å². The molecule has 0 saturated carbocycles. The van der Waals surface area contributed by atoms with E-state index in [2.05, 4.69) is 4.98 Å². The van der Waals surface area contributed by atoms with Crippen molar-refractivity contribution in [3.05, 3.63) is 77.5 Å². The van der Waals surface area contributed by atoms with Crippen LogP contribution < -0.4 is 9.47 Å². The monoisotopic (exact) mass is 420 g/mol. The van der Waals surface area contributed by atoms with Crippen molar-refractivity contribution in [3.8, 4) is 11.5 Å². The molecule has 4 rings (SSSR count). The second-order valence-electron chi connectivity index (χ2n) is 7.93. The van der Waals surface area contributed by atoms with E-state index in [-0.39, 0.29) is 18.4 Å². The Kier molecular flexibility index (Phi) is 6.55. The first kappa shape index (κ1) is 21.0. The van der Waals surface area contributed by atoms with Gasteiger partial charge in [0, 0.05) is 25.1 Å². The lowest BCUT2D eigenvalue weighted by Crippen LogP contribution is -2.41. The summed E-state index contributed by atoms with van der Waals surface area (Å²) >= 11 is 0. The molecule has 3 aromatic rings. The Hall–Kier alpha value is -3.28. The van der Waals surface area contributed by atoms with E-state index < -0.39 is 0 Å². The normalized spacial score (nSPS) is 16.2. The van der Waals surface area contributed by atoms with Gasteiger partial charge >= 0.3 is 0 Å². The second-order valence-corrected chi connectivity index (χ2v) is 7.93. The van der Waals surface area contributed by atoms with Crippen LogP contribution in [0.15, 0.2) is 59.1 Å². The van der Waals surface area contributed by atoms with Gasteiger partial charge in [0.05, 0.1) is 19.2 Å². The van der Waals surface area contributed by atoms with Crippen LogP contribution in [0.4, 0.5) is 0 Å². The molecule has 31 heavy (non-hydrogen) atoms. The molecule has 0 unspecified atom stereocenters. The third-order valence-electron chi connectivity index (χ3n) is 5.64. The summed E-state index contributed by atoms with van der Waals surface area (Å²) in [7, 11) is 1.67. The molecule has 0 spiro atoms. The van der Waals surface area contributed by atoms with Crippen LogP contribution in [0.5, 0.6) is 11.5 Å². The van der Waals surface area contributed by atoms with Gasteiger partial charge in [0.2, 0.25) is 0 Å². The maximum absolute atomic E-state index is 12.7. The number of carbonyl (C=O) groups excluding carboxylic acids is 1. The van der Waals surface area contributed by atoms with Crippen LogP contribution >= 0.6 is 0 Å². The minimum atomic E-state index is -0.00826. The molecule has 162 valence electrons. The molecular weight excluding hydrogens is 392 g/mol. The number of aryl methyl sites for hydroxylation is 1. The summed E-state index contributed by atoms with van der Waals surface area (Å²) in [6.07, 6.45) is 4.28. The van der Waals surface area contributed by atoms with Crippen molar-refractivity contribution >= 4 is 5.91 Å². The molecule has 1 aliphatic heterocycles. The molecule has 0 bridgehead atoms. The van der Waals surface area contributed by atoms with Crippen molar-refractivity contribution in [2.45, 2.75) is 32.1 Å². The molecule has 1 aliphatic rings. The Labute approximate surface area is 182 Å².